The van der Waals surface area contributed by atoms with E-state index < -0.39 is 29.9 Å². The molecule has 3 N–H and O–H groups in total. The summed E-state index contributed by atoms with van der Waals surface area (Å²) in [5, 5.41) is 2.49. The number of ether oxygens (including phenoxy) is 2. The summed E-state index contributed by atoms with van der Waals surface area (Å²) in [4.78, 5) is 47.3. The fourth-order valence-electron chi connectivity index (χ4n) is 2.05. The molecule has 0 radical (unpaired) electrons. The van der Waals surface area contributed by atoms with E-state index in [9.17, 15) is 19.2 Å². The maximum absolute atomic E-state index is 12.1. The third kappa shape index (κ3) is 4.22. The number of primary amides is 1. The van der Waals surface area contributed by atoms with Gasteiger partial charge in [0.2, 0.25) is 0 Å². The molecule has 9 heteroatoms. The molecule has 0 spiro atoms. The second kappa shape index (κ2) is 7.44. The zero-order valence-corrected chi connectivity index (χ0v) is 13.0. The number of hydrogen-bond donors (Lipinski definition) is 2. The molecule has 2 rings (SSSR count). The van der Waals surface area contributed by atoms with Crippen LogP contribution in [-0.4, -0.2) is 54.5 Å². The number of nitrogens with two attached hydrogens (primary N) is 1. The van der Waals surface area contributed by atoms with Crippen LogP contribution in [0.3, 0.4) is 0 Å². The lowest BCUT2D eigenvalue weighted by Gasteiger charge is -2.18. The summed E-state index contributed by atoms with van der Waals surface area (Å²) in [5.74, 6) is -1.73. The highest BCUT2D eigenvalue weighted by molar-refractivity contribution is 5.99. The number of nitrogens with one attached hydrogen (secondary N) is 1. The van der Waals surface area contributed by atoms with Gasteiger partial charge in [0.05, 0.1) is 5.56 Å². The van der Waals surface area contributed by atoms with E-state index >= 15 is 0 Å². The maximum atomic E-state index is 12.1. The molecule has 9 nitrogen and oxygen atoms in total. The van der Waals surface area contributed by atoms with Crippen LogP contribution >= 0.6 is 0 Å². The fourth-order valence-corrected chi connectivity index (χ4v) is 2.05. The second-order valence-corrected chi connectivity index (χ2v) is 5.05. The molecule has 24 heavy (non-hydrogen) atoms. The first-order valence-electron chi connectivity index (χ1n) is 7.20. The van der Waals surface area contributed by atoms with Crippen molar-refractivity contribution in [2.24, 2.45) is 5.73 Å². The lowest BCUT2D eigenvalue weighted by molar-refractivity contribution is -0.136. The zero-order valence-electron chi connectivity index (χ0n) is 13.0. The Labute approximate surface area is 137 Å². The van der Waals surface area contributed by atoms with E-state index in [1.165, 1.54) is 25.1 Å². The van der Waals surface area contributed by atoms with Crippen LogP contribution in [0, 0.1) is 0 Å². The van der Waals surface area contributed by atoms with Crippen molar-refractivity contribution in [3.05, 3.63) is 29.8 Å². The average molecular weight is 335 g/mol. The molecule has 1 aliphatic heterocycles. The van der Waals surface area contributed by atoms with Crippen molar-refractivity contribution in [2.45, 2.75) is 13.0 Å². The van der Waals surface area contributed by atoms with E-state index in [4.69, 9.17) is 15.2 Å². The summed E-state index contributed by atoms with van der Waals surface area (Å²) in [7, 11) is 0. The Hall–Kier alpha value is -3.10. The van der Waals surface area contributed by atoms with Crippen LogP contribution in [0.4, 0.5) is 4.79 Å². The van der Waals surface area contributed by atoms with Crippen LogP contribution in [0.2, 0.25) is 0 Å². The lowest BCUT2D eigenvalue weighted by Crippen LogP contribution is -2.41. The van der Waals surface area contributed by atoms with Gasteiger partial charge in [0.25, 0.3) is 11.8 Å². The Morgan fingerprint density at radius 3 is 2.75 bits per heavy atom. The molecular weight excluding hydrogens is 318 g/mol. The predicted molar refractivity (Wildman–Crippen MR) is 81.1 cm³/mol. The minimum absolute atomic E-state index is 0.141. The van der Waals surface area contributed by atoms with Gasteiger partial charge in [-0.05, 0) is 25.1 Å². The smallest absolute Gasteiger partial charge is 0.339 e. The Balaban J connectivity index is 1.98. The van der Waals surface area contributed by atoms with Gasteiger partial charge in [-0.2, -0.15) is 0 Å². The standard InChI is InChI=1S/C15H17N3O6/c1-9(13(20)18-6-5-17-15(18)22)24-14(21)10-3-2-4-11(7-10)23-8-12(16)19/h2-4,7,9H,5-6,8H2,1H3,(H2,16,19)(H,17,22). The summed E-state index contributed by atoms with van der Waals surface area (Å²) in [6, 6.07) is 5.41. The van der Waals surface area contributed by atoms with Gasteiger partial charge >= 0.3 is 12.0 Å². The molecule has 0 saturated carbocycles. The van der Waals surface area contributed by atoms with Crippen molar-refractivity contribution in [1.82, 2.24) is 10.2 Å². The van der Waals surface area contributed by atoms with Crippen molar-refractivity contribution in [3.63, 3.8) is 0 Å². The van der Waals surface area contributed by atoms with Crippen LogP contribution in [0.5, 0.6) is 5.75 Å². The first-order valence-corrected chi connectivity index (χ1v) is 7.20. The molecule has 128 valence electrons. The van der Waals surface area contributed by atoms with Crippen molar-refractivity contribution >= 4 is 23.8 Å². The van der Waals surface area contributed by atoms with Gasteiger partial charge in [-0.25, -0.2) is 9.59 Å². The molecule has 0 aliphatic carbocycles. The molecule has 1 fully saturated rings. The number of carbonyl (C=O) groups is 4. The molecule has 1 aromatic rings. The first kappa shape index (κ1) is 17.3. The predicted octanol–water partition coefficient (Wildman–Crippen LogP) is -0.352. The minimum Gasteiger partial charge on any atom is -0.484 e. The van der Waals surface area contributed by atoms with Gasteiger partial charge in [0.15, 0.2) is 12.7 Å². The molecule has 1 saturated heterocycles. The molecule has 1 heterocycles. The van der Waals surface area contributed by atoms with Crippen LogP contribution in [0.15, 0.2) is 24.3 Å². The van der Waals surface area contributed by atoms with Crippen LogP contribution < -0.4 is 15.8 Å². The van der Waals surface area contributed by atoms with Crippen molar-refractivity contribution in [2.75, 3.05) is 19.7 Å². The number of nitrogens with zero attached hydrogens (tertiary/aromatic N) is 1. The van der Waals surface area contributed by atoms with Crippen molar-refractivity contribution in [3.8, 4) is 5.75 Å². The molecule has 1 unspecified atom stereocenters. The quantitative estimate of drug-likeness (QED) is 0.684. The number of benzene rings is 1. The van der Waals surface area contributed by atoms with E-state index in [2.05, 4.69) is 5.32 Å². The summed E-state index contributed by atoms with van der Waals surface area (Å²) in [6.07, 6.45) is -1.11. The number of carbonyl (C=O) groups excluding carboxylic acids is 4. The van der Waals surface area contributed by atoms with E-state index in [1.54, 1.807) is 6.07 Å². The highest BCUT2D eigenvalue weighted by atomic mass is 16.5. The van der Waals surface area contributed by atoms with E-state index in [-0.39, 0.29) is 24.5 Å². The number of esters is 1. The third-order valence-corrected chi connectivity index (χ3v) is 3.21. The summed E-state index contributed by atoms with van der Waals surface area (Å²) in [6.45, 7) is 1.66. The number of rotatable bonds is 6. The van der Waals surface area contributed by atoms with Gasteiger partial charge < -0.3 is 20.5 Å². The lowest BCUT2D eigenvalue weighted by atomic mass is 10.2. The fraction of sp³-hybridized carbons (Fsp3) is 0.333. The first-order chi connectivity index (χ1) is 11.4. The van der Waals surface area contributed by atoms with E-state index in [0.717, 1.165) is 4.90 Å². The summed E-state index contributed by atoms with van der Waals surface area (Å²) < 4.78 is 10.2. The van der Waals surface area contributed by atoms with Crippen LogP contribution in [0.25, 0.3) is 0 Å². The van der Waals surface area contributed by atoms with Crippen LogP contribution in [-0.2, 0) is 14.3 Å². The molecule has 4 amide bonds. The number of hydrogen-bond acceptors (Lipinski definition) is 6. The van der Waals surface area contributed by atoms with Crippen molar-refractivity contribution < 1.29 is 28.7 Å². The largest absolute Gasteiger partial charge is 0.484 e. The maximum Gasteiger partial charge on any atom is 0.339 e. The monoisotopic (exact) mass is 335 g/mol. The average Bonchev–Trinajstić information content (AvgIpc) is 2.98. The molecule has 0 aromatic heterocycles. The Kier molecular flexibility index (Phi) is 5.35. The molecule has 1 aromatic carbocycles. The number of amides is 4. The molecular formula is C15H17N3O6. The Morgan fingerprint density at radius 1 is 1.38 bits per heavy atom. The highest BCUT2D eigenvalue weighted by Crippen LogP contribution is 2.15. The topological polar surface area (TPSA) is 128 Å². The number of urea groups is 1. The van der Waals surface area contributed by atoms with Gasteiger partial charge in [-0.15, -0.1) is 0 Å². The second-order valence-electron chi connectivity index (χ2n) is 5.05. The Morgan fingerprint density at radius 2 is 2.12 bits per heavy atom. The SMILES string of the molecule is CC(OC(=O)c1cccc(OCC(N)=O)c1)C(=O)N1CCNC1=O. The zero-order chi connectivity index (χ0) is 17.7. The third-order valence-electron chi connectivity index (χ3n) is 3.21. The molecule has 1 atom stereocenters. The Bertz CT molecular complexity index is 675. The highest BCUT2D eigenvalue weighted by Gasteiger charge is 2.31. The van der Waals surface area contributed by atoms with Gasteiger partial charge in [-0.1, -0.05) is 6.07 Å². The van der Waals surface area contributed by atoms with E-state index in [0.29, 0.717) is 6.54 Å². The van der Waals surface area contributed by atoms with Crippen molar-refractivity contribution in [1.29, 1.82) is 0 Å². The van der Waals surface area contributed by atoms with E-state index in [1.807, 2.05) is 0 Å². The minimum atomic E-state index is -1.11. The normalized spacial score (nSPS) is 14.7. The van der Waals surface area contributed by atoms with Crippen LogP contribution in [0.1, 0.15) is 17.3 Å². The summed E-state index contributed by atoms with van der Waals surface area (Å²) in [5.41, 5.74) is 5.12. The molecule has 1 aliphatic rings. The molecule has 0 bridgehead atoms. The van der Waals surface area contributed by atoms with Gasteiger partial charge in [0.1, 0.15) is 5.75 Å². The summed E-state index contributed by atoms with van der Waals surface area (Å²) >= 11 is 0. The van der Waals surface area contributed by atoms with Gasteiger partial charge in [-0.3, -0.25) is 14.5 Å². The number of imide groups is 1. The van der Waals surface area contributed by atoms with Gasteiger partial charge in [0, 0.05) is 13.1 Å².